The summed E-state index contributed by atoms with van der Waals surface area (Å²) in [6, 6.07) is 7.63. The summed E-state index contributed by atoms with van der Waals surface area (Å²) < 4.78 is 45.6. The van der Waals surface area contributed by atoms with E-state index < -0.39 is 11.9 Å². The quantitative estimate of drug-likeness (QED) is 0.491. The topological polar surface area (TPSA) is 56.5 Å². The summed E-state index contributed by atoms with van der Waals surface area (Å²) in [6.45, 7) is 3.78. The second-order valence-electron chi connectivity index (χ2n) is 5.69. The summed E-state index contributed by atoms with van der Waals surface area (Å²) in [6.07, 6.45) is -0.782. The number of hydrogen-bond donors (Lipinski definition) is 0. The Morgan fingerprint density at radius 2 is 2.00 bits per heavy atom. The van der Waals surface area contributed by atoms with E-state index in [0.717, 1.165) is 16.8 Å². The second-order valence-corrected chi connectivity index (χ2v) is 5.69. The van der Waals surface area contributed by atoms with Gasteiger partial charge in [0.25, 0.3) is 0 Å². The predicted octanol–water partition coefficient (Wildman–Crippen LogP) is 4.35. The van der Waals surface area contributed by atoms with Crippen LogP contribution in [0.4, 0.5) is 13.2 Å². The van der Waals surface area contributed by atoms with E-state index in [-0.39, 0.29) is 11.4 Å². The number of ketones is 1. The van der Waals surface area contributed by atoms with E-state index in [9.17, 15) is 18.0 Å². The highest BCUT2D eigenvalue weighted by molar-refractivity contribution is 6.09. The molecular weight excluding hydrogens is 359 g/mol. The lowest BCUT2D eigenvalue weighted by atomic mass is 10.1. The average molecular weight is 375 g/mol. The Kier molecular flexibility index (Phi) is 4.98. The molecule has 0 N–H and O–H groups in total. The van der Waals surface area contributed by atoms with Crippen molar-refractivity contribution in [2.24, 2.45) is 0 Å². The highest BCUT2D eigenvalue weighted by Crippen LogP contribution is 2.30. The van der Waals surface area contributed by atoms with Crippen LogP contribution in [0.3, 0.4) is 0 Å². The van der Waals surface area contributed by atoms with Crippen molar-refractivity contribution >= 4 is 17.5 Å². The molecule has 0 atom stereocenters. The number of benzene rings is 1. The number of hydrogen-bond acceptors (Lipinski definition) is 4. The van der Waals surface area contributed by atoms with E-state index in [1.165, 1.54) is 12.2 Å². The Balaban J connectivity index is 2.00. The zero-order valence-corrected chi connectivity index (χ0v) is 14.6. The number of rotatable bonds is 5. The van der Waals surface area contributed by atoms with Crippen molar-refractivity contribution < 1.29 is 22.7 Å². The highest BCUT2D eigenvalue weighted by Gasteiger charge is 2.34. The largest absolute Gasteiger partial charge is 0.493 e. The fourth-order valence-corrected chi connectivity index (χ4v) is 2.68. The van der Waals surface area contributed by atoms with Crippen LogP contribution < -0.4 is 4.74 Å². The molecule has 3 aromatic rings. The van der Waals surface area contributed by atoms with Gasteiger partial charge in [0.05, 0.1) is 17.9 Å². The monoisotopic (exact) mass is 375 g/mol. The molecule has 0 saturated carbocycles. The molecule has 0 saturated heterocycles. The summed E-state index contributed by atoms with van der Waals surface area (Å²) in [5.41, 5.74) is 0.158. The number of nitrogens with zero attached hydrogens (tertiary/aromatic N) is 3. The van der Waals surface area contributed by atoms with Gasteiger partial charge in [-0.15, -0.1) is 0 Å². The lowest BCUT2D eigenvalue weighted by Crippen LogP contribution is -2.12. The molecule has 140 valence electrons. The number of aryl methyl sites for hydroxylation is 1. The SMILES string of the molecule is CCOc1ccccc1C(=O)/C=C/c1c(C)nn2c(C(F)(F)F)ccnc12. The van der Waals surface area contributed by atoms with Gasteiger partial charge in [0.2, 0.25) is 0 Å². The number of para-hydroxylation sites is 1. The zero-order chi connectivity index (χ0) is 19.6. The summed E-state index contributed by atoms with van der Waals surface area (Å²) >= 11 is 0. The van der Waals surface area contributed by atoms with Crippen molar-refractivity contribution in [3.8, 4) is 5.75 Å². The second kappa shape index (κ2) is 7.22. The van der Waals surface area contributed by atoms with Crippen molar-refractivity contribution in [3.63, 3.8) is 0 Å². The maximum atomic E-state index is 13.1. The van der Waals surface area contributed by atoms with Crippen molar-refractivity contribution in [2.45, 2.75) is 20.0 Å². The van der Waals surface area contributed by atoms with Crippen LogP contribution in [0.2, 0.25) is 0 Å². The Morgan fingerprint density at radius 3 is 2.70 bits per heavy atom. The van der Waals surface area contributed by atoms with E-state index in [2.05, 4.69) is 10.1 Å². The third-order valence-corrected chi connectivity index (χ3v) is 3.88. The van der Waals surface area contributed by atoms with Gasteiger partial charge in [-0.05, 0) is 44.2 Å². The molecule has 0 aliphatic rings. The van der Waals surface area contributed by atoms with Crippen LogP contribution in [0.1, 0.15) is 34.2 Å². The first kappa shape index (κ1) is 18.6. The molecule has 0 amide bonds. The van der Waals surface area contributed by atoms with Gasteiger partial charge in [0.1, 0.15) is 11.4 Å². The van der Waals surface area contributed by atoms with Crippen LogP contribution in [-0.4, -0.2) is 27.0 Å². The Morgan fingerprint density at radius 1 is 1.26 bits per heavy atom. The van der Waals surface area contributed by atoms with E-state index in [4.69, 9.17) is 4.74 Å². The van der Waals surface area contributed by atoms with Crippen LogP contribution >= 0.6 is 0 Å². The van der Waals surface area contributed by atoms with Crippen LogP contribution in [0, 0.1) is 6.92 Å². The van der Waals surface area contributed by atoms with Crippen LogP contribution in [0.5, 0.6) is 5.75 Å². The summed E-state index contributed by atoms with van der Waals surface area (Å²) in [5, 5.41) is 3.92. The number of carbonyl (C=O) groups excluding carboxylic acids is 1. The maximum absolute atomic E-state index is 13.1. The number of ether oxygens (including phenoxy) is 1. The standard InChI is InChI=1S/C19H16F3N3O2/c1-3-27-16-7-5-4-6-14(16)15(26)9-8-13-12(2)24-25-17(19(20,21)22)10-11-23-18(13)25/h4-11H,3H2,1-2H3/b9-8+. The summed E-state index contributed by atoms with van der Waals surface area (Å²) in [4.78, 5) is 16.5. The Bertz CT molecular complexity index is 1020. The molecule has 0 fully saturated rings. The van der Waals surface area contributed by atoms with Gasteiger partial charge >= 0.3 is 6.18 Å². The first-order valence-electron chi connectivity index (χ1n) is 8.18. The van der Waals surface area contributed by atoms with E-state index in [1.807, 2.05) is 6.92 Å². The Labute approximate surface area is 153 Å². The highest BCUT2D eigenvalue weighted by atomic mass is 19.4. The smallest absolute Gasteiger partial charge is 0.433 e. The van der Waals surface area contributed by atoms with Crippen molar-refractivity contribution in [3.05, 3.63) is 65.1 Å². The van der Waals surface area contributed by atoms with Gasteiger partial charge < -0.3 is 4.74 Å². The summed E-state index contributed by atoms with van der Waals surface area (Å²) in [7, 11) is 0. The van der Waals surface area contributed by atoms with E-state index >= 15 is 0 Å². The van der Waals surface area contributed by atoms with E-state index in [1.54, 1.807) is 31.2 Å². The molecule has 0 spiro atoms. The molecule has 3 rings (SSSR count). The lowest BCUT2D eigenvalue weighted by molar-refractivity contribution is -0.142. The third-order valence-electron chi connectivity index (χ3n) is 3.88. The van der Waals surface area contributed by atoms with Gasteiger partial charge in [-0.1, -0.05) is 12.1 Å². The molecule has 5 nitrogen and oxygen atoms in total. The maximum Gasteiger partial charge on any atom is 0.433 e. The average Bonchev–Trinajstić information content (AvgIpc) is 2.94. The Hall–Kier alpha value is -3.16. The van der Waals surface area contributed by atoms with Gasteiger partial charge in [0, 0.05) is 11.8 Å². The minimum atomic E-state index is -4.56. The molecule has 0 bridgehead atoms. The number of halogens is 3. The molecule has 0 radical (unpaired) electrons. The molecule has 1 aromatic carbocycles. The number of allylic oxidation sites excluding steroid dienone is 1. The van der Waals surface area contributed by atoms with E-state index in [0.29, 0.717) is 29.2 Å². The molecule has 27 heavy (non-hydrogen) atoms. The van der Waals surface area contributed by atoms with Gasteiger partial charge in [-0.25, -0.2) is 9.50 Å². The molecular formula is C19H16F3N3O2. The van der Waals surface area contributed by atoms with Gasteiger partial charge in [-0.3, -0.25) is 4.79 Å². The molecule has 2 heterocycles. The number of fused-ring (bicyclic) bond motifs is 1. The zero-order valence-electron chi connectivity index (χ0n) is 14.6. The summed E-state index contributed by atoms with van der Waals surface area (Å²) in [5.74, 6) is 0.119. The molecule has 8 heteroatoms. The van der Waals surface area contributed by atoms with Gasteiger partial charge in [0.15, 0.2) is 11.4 Å². The molecule has 0 unspecified atom stereocenters. The minimum absolute atomic E-state index is 0.0319. The minimum Gasteiger partial charge on any atom is -0.493 e. The number of alkyl halides is 3. The predicted molar refractivity (Wildman–Crippen MR) is 93.7 cm³/mol. The first-order valence-corrected chi connectivity index (χ1v) is 8.18. The number of carbonyl (C=O) groups is 1. The van der Waals surface area contributed by atoms with Crippen LogP contribution in [0.25, 0.3) is 11.7 Å². The van der Waals surface area contributed by atoms with Crippen molar-refractivity contribution in [2.75, 3.05) is 6.61 Å². The third kappa shape index (κ3) is 3.69. The lowest BCUT2D eigenvalue weighted by Gasteiger charge is -2.07. The fourth-order valence-electron chi connectivity index (χ4n) is 2.68. The van der Waals surface area contributed by atoms with Crippen LogP contribution in [-0.2, 0) is 6.18 Å². The molecule has 0 aliphatic carbocycles. The van der Waals surface area contributed by atoms with Crippen LogP contribution in [0.15, 0.2) is 42.6 Å². The van der Waals surface area contributed by atoms with Gasteiger partial charge in [-0.2, -0.15) is 18.3 Å². The first-order chi connectivity index (χ1) is 12.8. The van der Waals surface area contributed by atoms with Crippen molar-refractivity contribution in [1.82, 2.24) is 14.6 Å². The van der Waals surface area contributed by atoms with Crippen molar-refractivity contribution in [1.29, 1.82) is 0 Å². The molecule has 2 aromatic heterocycles. The number of aromatic nitrogens is 3. The molecule has 0 aliphatic heterocycles. The fraction of sp³-hybridized carbons (Fsp3) is 0.211. The normalized spacial score (nSPS) is 12.0.